The molecular weight excluding hydrogens is 346 g/mol. The Labute approximate surface area is 158 Å². The van der Waals surface area contributed by atoms with Gasteiger partial charge in [-0.25, -0.2) is 0 Å². The summed E-state index contributed by atoms with van der Waals surface area (Å²) in [7, 11) is 0. The Morgan fingerprint density at radius 2 is 1.74 bits per heavy atom. The fourth-order valence-electron chi connectivity index (χ4n) is 3.34. The summed E-state index contributed by atoms with van der Waals surface area (Å²) < 4.78 is 0. The minimum atomic E-state index is -0.421. The predicted octanol–water partition coefficient (Wildman–Crippen LogP) is 2.33. The van der Waals surface area contributed by atoms with E-state index < -0.39 is 4.92 Å². The highest BCUT2D eigenvalue weighted by atomic mass is 16.6. The number of hydrogen-bond acceptors (Lipinski definition) is 6. The highest BCUT2D eigenvalue weighted by Crippen LogP contribution is 2.31. The van der Waals surface area contributed by atoms with Gasteiger partial charge in [-0.05, 0) is 18.6 Å². The molecule has 1 aliphatic heterocycles. The Balaban J connectivity index is 1.79. The van der Waals surface area contributed by atoms with Crippen LogP contribution in [-0.2, 0) is 0 Å². The van der Waals surface area contributed by atoms with Gasteiger partial charge in [-0.15, -0.1) is 0 Å². The van der Waals surface area contributed by atoms with Crippen molar-refractivity contribution >= 4 is 17.2 Å². The number of aliphatic hydroxyl groups excluding tert-OH is 1. The van der Waals surface area contributed by atoms with Crippen LogP contribution in [0.15, 0.2) is 48.5 Å². The van der Waals surface area contributed by atoms with Crippen molar-refractivity contribution in [1.29, 1.82) is 0 Å². The predicted molar refractivity (Wildman–Crippen MR) is 103 cm³/mol. The van der Waals surface area contributed by atoms with Crippen molar-refractivity contribution in [3.05, 3.63) is 69.8 Å². The van der Waals surface area contributed by atoms with Gasteiger partial charge in [-0.3, -0.25) is 19.8 Å². The highest BCUT2D eigenvalue weighted by Gasteiger charge is 2.25. The minimum absolute atomic E-state index is 0.0411. The molecule has 7 heteroatoms. The molecule has 1 heterocycles. The van der Waals surface area contributed by atoms with Crippen molar-refractivity contribution in [3.63, 3.8) is 0 Å². The third-order valence-electron chi connectivity index (χ3n) is 4.82. The van der Waals surface area contributed by atoms with Crippen LogP contribution in [0.5, 0.6) is 0 Å². The summed E-state index contributed by atoms with van der Waals surface area (Å²) in [6, 6.07) is 13.5. The number of rotatable bonds is 7. The van der Waals surface area contributed by atoms with Crippen LogP contribution in [0, 0.1) is 10.1 Å². The van der Waals surface area contributed by atoms with Crippen LogP contribution in [0.4, 0.5) is 11.4 Å². The van der Waals surface area contributed by atoms with E-state index in [0.29, 0.717) is 29.9 Å². The van der Waals surface area contributed by atoms with Crippen LogP contribution in [0.1, 0.15) is 22.3 Å². The molecule has 2 aromatic rings. The van der Waals surface area contributed by atoms with Gasteiger partial charge >= 0.3 is 0 Å². The smallest absolute Gasteiger partial charge is 0.293 e. The van der Waals surface area contributed by atoms with Gasteiger partial charge in [-0.2, -0.15) is 0 Å². The largest absolute Gasteiger partial charge is 0.396 e. The average Bonchev–Trinajstić information content (AvgIpc) is 2.72. The lowest BCUT2D eigenvalue weighted by Crippen LogP contribution is -2.46. The molecule has 1 aliphatic rings. The molecule has 7 nitrogen and oxygen atoms in total. The SMILES string of the molecule is O=C(c1ccccc1)c1ccc(N2CCN(CCCO)CC2)c([N+](=O)[O-])c1. The Bertz CT molecular complexity index is 802. The fourth-order valence-corrected chi connectivity index (χ4v) is 3.34. The highest BCUT2D eigenvalue weighted by molar-refractivity contribution is 6.09. The van der Waals surface area contributed by atoms with Crippen LogP contribution in [0.25, 0.3) is 0 Å². The van der Waals surface area contributed by atoms with E-state index in [9.17, 15) is 14.9 Å². The van der Waals surface area contributed by atoms with Crippen molar-refractivity contribution in [2.75, 3.05) is 44.2 Å². The minimum Gasteiger partial charge on any atom is -0.396 e. The summed E-state index contributed by atoms with van der Waals surface area (Å²) in [6.07, 6.45) is 0.733. The number of nitrogens with zero attached hydrogens (tertiary/aromatic N) is 3. The fraction of sp³-hybridized carbons (Fsp3) is 0.350. The van der Waals surface area contributed by atoms with E-state index in [0.717, 1.165) is 26.1 Å². The zero-order valence-corrected chi connectivity index (χ0v) is 15.1. The zero-order chi connectivity index (χ0) is 19.2. The first-order chi connectivity index (χ1) is 13.1. The molecule has 142 valence electrons. The second-order valence-electron chi connectivity index (χ2n) is 6.56. The van der Waals surface area contributed by atoms with Gasteiger partial charge in [-0.1, -0.05) is 30.3 Å². The average molecular weight is 369 g/mol. The van der Waals surface area contributed by atoms with Crippen molar-refractivity contribution in [3.8, 4) is 0 Å². The summed E-state index contributed by atoms with van der Waals surface area (Å²) >= 11 is 0. The van der Waals surface area contributed by atoms with Gasteiger partial charge in [0.15, 0.2) is 5.78 Å². The van der Waals surface area contributed by atoms with Crippen LogP contribution >= 0.6 is 0 Å². The summed E-state index contributed by atoms with van der Waals surface area (Å²) in [5.74, 6) is -0.223. The number of benzene rings is 2. The molecule has 0 unspecified atom stereocenters. The molecule has 0 radical (unpaired) electrons. The second kappa shape index (κ2) is 8.75. The first kappa shape index (κ1) is 19.0. The van der Waals surface area contributed by atoms with E-state index in [1.54, 1.807) is 36.4 Å². The lowest BCUT2D eigenvalue weighted by atomic mass is 10.0. The van der Waals surface area contributed by atoms with Gasteiger partial charge in [0.1, 0.15) is 5.69 Å². The summed E-state index contributed by atoms with van der Waals surface area (Å²) in [5, 5.41) is 20.5. The van der Waals surface area contributed by atoms with E-state index in [4.69, 9.17) is 5.11 Å². The van der Waals surface area contributed by atoms with Crippen LogP contribution < -0.4 is 4.90 Å². The topological polar surface area (TPSA) is 86.9 Å². The van der Waals surface area contributed by atoms with E-state index in [1.165, 1.54) is 6.07 Å². The Kier molecular flexibility index (Phi) is 6.16. The molecule has 0 amide bonds. The van der Waals surface area contributed by atoms with E-state index in [1.807, 2.05) is 11.0 Å². The van der Waals surface area contributed by atoms with E-state index in [2.05, 4.69) is 4.90 Å². The first-order valence-electron chi connectivity index (χ1n) is 9.06. The van der Waals surface area contributed by atoms with Crippen LogP contribution in [-0.4, -0.2) is 60.0 Å². The van der Waals surface area contributed by atoms with E-state index >= 15 is 0 Å². The Morgan fingerprint density at radius 1 is 1.04 bits per heavy atom. The van der Waals surface area contributed by atoms with Gasteiger partial charge in [0.2, 0.25) is 0 Å². The summed E-state index contributed by atoms with van der Waals surface area (Å²) in [5.41, 5.74) is 1.34. The molecule has 1 saturated heterocycles. The quantitative estimate of drug-likeness (QED) is 0.458. The van der Waals surface area contributed by atoms with Crippen molar-refractivity contribution in [1.82, 2.24) is 4.90 Å². The summed E-state index contributed by atoms with van der Waals surface area (Å²) in [4.78, 5) is 28.0. The lowest BCUT2D eigenvalue weighted by molar-refractivity contribution is -0.384. The number of ketones is 1. The Hall–Kier alpha value is -2.77. The number of carbonyl (C=O) groups is 1. The van der Waals surface area contributed by atoms with Crippen LogP contribution in [0.3, 0.4) is 0 Å². The van der Waals surface area contributed by atoms with Crippen LogP contribution in [0.2, 0.25) is 0 Å². The molecule has 0 spiro atoms. The number of nitro benzene ring substituents is 1. The van der Waals surface area contributed by atoms with Crippen molar-refractivity contribution < 1.29 is 14.8 Å². The molecule has 1 N–H and O–H groups in total. The molecule has 0 atom stereocenters. The molecule has 3 rings (SSSR count). The number of anilines is 1. The molecular formula is C20H23N3O4. The number of aliphatic hydroxyl groups is 1. The van der Waals surface area contributed by atoms with Gasteiger partial charge in [0, 0.05) is 56.5 Å². The number of piperazine rings is 1. The standard InChI is InChI=1S/C20H23N3O4/c24-14-4-9-21-10-12-22(13-11-21)18-8-7-17(15-19(18)23(26)27)20(25)16-5-2-1-3-6-16/h1-3,5-8,15,24H,4,9-14H2. The van der Waals surface area contributed by atoms with Gasteiger partial charge < -0.3 is 10.0 Å². The Morgan fingerprint density at radius 3 is 2.37 bits per heavy atom. The molecule has 0 saturated carbocycles. The van der Waals surface area contributed by atoms with Gasteiger partial charge in [0.05, 0.1) is 4.92 Å². The number of carbonyl (C=O) groups excluding carboxylic acids is 1. The molecule has 0 bridgehead atoms. The summed E-state index contributed by atoms with van der Waals surface area (Å²) in [6.45, 7) is 3.94. The van der Waals surface area contributed by atoms with Crippen molar-refractivity contribution in [2.24, 2.45) is 0 Å². The maximum Gasteiger partial charge on any atom is 0.293 e. The maximum absolute atomic E-state index is 12.6. The van der Waals surface area contributed by atoms with Crippen molar-refractivity contribution in [2.45, 2.75) is 6.42 Å². The number of nitro groups is 1. The molecule has 1 fully saturated rings. The molecule has 2 aromatic carbocycles. The normalized spacial score (nSPS) is 14.9. The number of hydrogen-bond donors (Lipinski definition) is 1. The third kappa shape index (κ3) is 4.50. The maximum atomic E-state index is 12.6. The molecule has 0 aliphatic carbocycles. The monoisotopic (exact) mass is 369 g/mol. The lowest BCUT2D eigenvalue weighted by Gasteiger charge is -2.35. The molecule has 0 aromatic heterocycles. The third-order valence-corrected chi connectivity index (χ3v) is 4.82. The molecule has 27 heavy (non-hydrogen) atoms. The second-order valence-corrected chi connectivity index (χ2v) is 6.56. The zero-order valence-electron chi connectivity index (χ0n) is 15.1. The first-order valence-corrected chi connectivity index (χ1v) is 9.06. The van der Waals surface area contributed by atoms with Gasteiger partial charge in [0.25, 0.3) is 5.69 Å². The van der Waals surface area contributed by atoms with E-state index in [-0.39, 0.29) is 18.1 Å².